The first-order valence-corrected chi connectivity index (χ1v) is 7.98. The first-order chi connectivity index (χ1) is 12.2. The molecule has 2 unspecified atom stereocenters. The molecule has 3 rings (SSSR count). The molecule has 132 valence electrons. The van der Waals surface area contributed by atoms with Gasteiger partial charge in [0, 0.05) is 5.69 Å². The number of hydrogen-bond acceptors (Lipinski definition) is 6. The minimum atomic E-state index is -0.597. The molecule has 0 radical (unpaired) electrons. The quantitative estimate of drug-likeness (QED) is 0.547. The second-order valence-corrected chi connectivity index (χ2v) is 5.44. The zero-order valence-corrected chi connectivity index (χ0v) is 13.7. The topological polar surface area (TPSA) is 86.5 Å². The third-order valence-electron chi connectivity index (χ3n) is 3.68. The van der Waals surface area contributed by atoms with Gasteiger partial charge in [-0.05, 0) is 43.3 Å². The Balaban J connectivity index is 1.67. The molecular weight excluding hydrogens is 325 g/mol. The van der Waals surface area contributed by atoms with Gasteiger partial charge in [0.25, 0.3) is 0 Å². The highest BCUT2D eigenvalue weighted by Crippen LogP contribution is 2.24. The van der Waals surface area contributed by atoms with E-state index in [0.29, 0.717) is 23.7 Å². The first kappa shape index (κ1) is 17.2. The zero-order chi connectivity index (χ0) is 17.6. The van der Waals surface area contributed by atoms with E-state index in [-0.39, 0.29) is 11.7 Å². The van der Waals surface area contributed by atoms with Crippen LogP contribution in [-0.2, 0) is 4.79 Å². The Hall–Kier alpha value is -2.68. The number of carbonyl (C=O) groups excluding carboxylic acids is 1. The Morgan fingerprint density at radius 1 is 1.16 bits per heavy atom. The lowest BCUT2D eigenvalue weighted by atomic mass is 10.2. The lowest BCUT2D eigenvalue weighted by Gasteiger charge is -2.20. The van der Waals surface area contributed by atoms with Crippen LogP contribution >= 0.6 is 0 Å². The fourth-order valence-electron chi connectivity index (χ4n) is 2.49. The molecule has 1 heterocycles. The second kappa shape index (κ2) is 7.93. The van der Waals surface area contributed by atoms with Crippen molar-refractivity contribution in [2.75, 3.05) is 17.2 Å². The predicted molar refractivity (Wildman–Crippen MR) is 93.2 cm³/mol. The third-order valence-corrected chi connectivity index (χ3v) is 3.68. The number of ether oxygens (including phenoxy) is 1. The molecule has 25 heavy (non-hydrogen) atoms. The van der Waals surface area contributed by atoms with E-state index in [1.54, 1.807) is 24.3 Å². The Morgan fingerprint density at radius 2 is 1.92 bits per heavy atom. The largest absolute Gasteiger partial charge is 0.492 e. The minimum Gasteiger partial charge on any atom is -0.492 e. The van der Waals surface area contributed by atoms with Crippen molar-refractivity contribution in [3.63, 3.8) is 0 Å². The van der Waals surface area contributed by atoms with Gasteiger partial charge in [-0.25, -0.2) is 15.2 Å². The molecule has 0 saturated carbocycles. The molecule has 0 bridgehead atoms. The Bertz CT molecular complexity index is 725. The molecule has 1 aliphatic rings. The summed E-state index contributed by atoms with van der Waals surface area (Å²) in [6.45, 7) is 2.39. The number of hydrogen-bond donors (Lipinski definition) is 5. The van der Waals surface area contributed by atoms with Gasteiger partial charge in [0.05, 0.1) is 12.3 Å². The molecule has 2 aromatic rings. The molecule has 8 heteroatoms. The van der Waals surface area contributed by atoms with Crippen LogP contribution in [0, 0.1) is 5.82 Å². The summed E-state index contributed by atoms with van der Waals surface area (Å²) in [4.78, 5) is 12.6. The van der Waals surface area contributed by atoms with E-state index in [4.69, 9.17) is 4.74 Å². The Kier molecular flexibility index (Phi) is 5.44. The average molecular weight is 345 g/mol. The van der Waals surface area contributed by atoms with E-state index in [0.717, 1.165) is 0 Å². The maximum Gasteiger partial charge on any atom is 0.246 e. The highest BCUT2D eigenvalue weighted by Gasteiger charge is 2.33. The number of benzene rings is 2. The van der Waals surface area contributed by atoms with Crippen LogP contribution in [0.25, 0.3) is 0 Å². The lowest BCUT2D eigenvalue weighted by Crippen LogP contribution is -2.48. The van der Waals surface area contributed by atoms with Crippen LogP contribution in [0.5, 0.6) is 5.75 Å². The maximum atomic E-state index is 13.0. The summed E-state index contributed by atoms with van der Waals surface area (Å²) in [6.07, 6.45) is -0.426. The first-order valence-electron chi connectivity index (χ1n) is 7.98. The lowest BCUT2D eigenvalue weighted by molar-refractivity contribution is -0.118. The van der Waals surface area contributed by atoms with E-state index in [9.17, 15) is 9.18 Å². The number of hydrazine groups is 2. The zero-order valence-electron chi connectivity index (χ0n) is 13.7. The fourth-order valence-corrected chi connectivity index (χ4v) is 2.49. The molecule has 7 nitrogen and oxygen atoms in total. The van der Waals surface area contributed by atoms with Crippen LogP contribution < -0.4 is 31.8 Å². The van der Waals surface area contributed by atoms with Crippen molar-refractivity contribution >= 4 is 17.3 Å². The molecule has 2 atom stereocenters. The van der Waals surface area contributed by atoms with E-state index in [1.165, 1.54) is 12.1 Å². The molecule has 0 aliphatic carbocycles. The average Bonchev–Trinajstić information content (AvgIpc) is 3.07. The summed E-state index contributed by atoms with van der Waals surface area (Å²) in [7, 11) is 0. The van der Waals surface area contributed by atoms with Crippen molar-refractivity contribution in [1.82, 2.24) is 16.4 Å². The van der Waals surface area contributed by atoms with E-state index in [2.05, 4.69) is 27.0 Å². The number of nitrogens with one attached hydrogen (secondary N) is 5. The van der Waals surface area contributed by atoms with Crippen molar-refractivity contribution in [3.8, 4) is 5.75 Å². The van der Waals surface area contributed by atoms with E-state index in [1.807, 2.05) is 19.1 Å². The van der Waals surface area contributed by atoms with Gasteiger partial charge in [0.15, 0.2) is 0 Å². The molecule has 2 aromatic carbocycles. The number of anilines is 2. The second-order valence-electron chi connectivity index (χ2n) is 5.44. The number of rotatable bonds is 6. The van der Waals surface area contributed by atoms with Gasteiger partial charge in [-0.2, -0.15) is 5.53 Å². The van der Waals surface area contributed by atoms with Crippen LogP contribution in [0.2, 0.25) is 0 Å². The molecule has 1 saturated heterocycles. The summed E-state index contributed by atoms with van der Waals surface area (Å²) in [5, 5.41) is 5.99. The third kappa shape index (κ3) is 4.24. The Morgan fingerprint density at radius 3 is 2.68 bits per heavy atom. The van der Waals surface area contributed by atoms with Crippen molar-refractivity contribution < 1.29 is 13.9 Å². The molecule has 5 N–H and O–H groups in total. The predicted octanol–water partition coefficient (Wildman–Crippen LogP) is 1.58. The number of para-hydroxylation sites is 2. The number of amides is 1. The SMILES string of the molecule is CCOc1ccccc1NC(=O)C1NNNC1Nc1ccc(F)cc1. The van der Waals surface area contributed by atoms with Crippen LogP contribution in [0.15, 0.2) is 48.5 Å². The minimum absolute atomic E-state index is 0.246. The van der Waals surface area contributed by atoms with Crippen molar-refractivity contribution in [3.05, 3.63) is 54.3 Å². The van der Waals surface area contributed by atoms with Gasteiger partial charge < -0.3 is 15.4 Å². The van der Waals surface area contributed by atoms with Crippen LogP contribution in [0.3, 0.4) is 0 Å². The highest BCUT2D eigenvalue weighted by molar-refractivity contribution is 5.97. The van der Waals surface area contributed by atoms with E-state index < -0.39 is 12.2 Å². The van der Waals surface area contributed by atoms with Crippen molar-refractivity contribution in [2.24, 2.45) is 0 Å². The molecule has 0 spiro atoms. The smallest absolute Gasteiger partial charge is 0.246 e. The van der Waals surface area contributed by atoms with Gasteiger partial charge in [-0.1, -0.05) is 12.1 Å². The van der Waals surface area contributed by atoms with Crippen LogP contribution in [0.1, 0.15) is 6.92 Å². The molecule has 0 aromatic heterocycles. The monoisotopic (exact) mass is 345 g/mol. The summed E-state index contributed by atoms with van der Waals surface area (Å²) < 4.78 is 18.5. The van der Waals surface area contributed by atoms with Crippen LogP contribution in [-0.4, -0.2) is 24.7 Å². The standard InChI is InChI=1S/C17H20FN5O2/c1-2-25-14-6-4-3-5-13(14)20-17(24)15-16(22-23-21-15)19-12-9-7-11(18)8-10-12/h3-10,15-16,19,21-23H,2H2,1H3,(H,20,24). The number of carbonyl (C=O) groups is 1. The summed E-state index contributed by atoms with van der Waals surface area (Å²) in [5.41, 5.74) is 9.80. The van der Waals surface area contributed by atoms with Gasteiger partial charge in [0.2, 0.25) is 5.91 Å². The molecule has 1 aliphatic heterocycles. The van der Waals surface area contributed by atoms with Gasteiger partial charge in [-0.15, -0.1) is 0 Å². The summed E-state index contributed by atoms with van der Waals surface area (Å²) in [6, 6.07) is 12.6. The van der Waals surface area contributed by atoms with Gasteiger partial charge in [-0.3, -0.25) is 4.79 Å². The van der Waals surface area contributed by atoms with E-state index >= 15 is 0 Å². The number of halogens is 1. The van der Waals surface area contributed by atoms with Crippen LogP contribution in [0.4, 0.5) is 15.8 Å². The Labute approximate surface area is 144 Å². The van der Waals surface area contributed by atoms with Gasteiger partial charge in [0.1, 0.15) is 23.8 Å². The normalized spacial score (nSPS) is 19.4. The molecule has 1 fully saturated rings. The summed E-state index contributed by atoms with van der Waals surface area (Å²) >= 11 is 0. The van der Waals surface area contributed by atoms with Crippen molar-refractivity contribution in [1.29, 1.82) is 0 Å². The molecular formula is C17H20FN5O2. The maximum absolute atomic E-state index is 13.0. The summed E-state index contributed by atoms with van der Waals surface area (Å²) in [5.74, 6) is 0.0487. The molecule has 1 amide bonds. The highest BCUT2D eigenvalue weighted by atomic mass is 19.1. The van der Waals surface area contributed by atoms with Gasteiger partial charge >= 0.3 is 0 Å². The fraction of sp³-hybridized carbons (Fsp3) is 0.235. The van der Waals surface area contributed by atoms with Crippen molar-refractivity contribution in [2.45, 2.75) is 19.1 Å².